The second kappa shape index (κ2) is 10.1. The van der Waals surface area contributed by atoms with Crippen molar-refractivity contribution in [2.75, 3.05) is 5.32 Å². The number of rotatable bonds is 6. The molecule has 0 aromatic heterocycles. The van der Waals surface area contributed by atoms with Gasteiger partial charge in [-0.05, 0) is 60.5 Å². The number of ether oxygens (including phenoxy) is 1. The molecule has 0 saturated carbocycles. The summed E-state index contributed by atoms with van der Waals surface area (Å²) >= 11 is 12.6. The van der Waals surface area contributed by atoms with Crippen LogP contribution in [0.2, 0.25) is 10.0 Å². The molecule has 7 heteroatoms. The van der Waals surface area contributed by atoms with Crippen molar-refractivity contribution in [1.29, 1.82) is 5.26 Å². The molecule has 0 radical (unpaired) electrons. The lowest BCUT2D eigenvalue weighted by atomic mass is 10.1. The van der Waals surface area contributed by atoms with Gasteiger partial charge in [-0.3, -0.25) is 4.79 Å². The Balaban J connectivity index is 1.76. The van der Waals surface area contributed by atoms with Gasteiger partial charge >= 0.3 is 0 Å². The van der Waals surface area contributed by atoms with Crippen LogP contribution in [0.3, 0.4) is 0 Å². The lowest BCUT2D eigenvalue weighted by molar-refractivity contribution is -0.112. The topological polar surface area (TPSA) is 62.1 Å². The van der Waals surface area contributed by atoms with Crippen molar-refractivity contribution in [1.82, 2.24) is 0 Å². The zero-order chi connectivity index (χ0) is 22.4. The summed E-state index contributed by atoms with van der Waals surface area (Å²) < 4.78 is 18.8. The monoisotopic (exact) mass is 454 g/mol. The summed E-state index contributed by atoms with van der Waals surface area (Å²) in [4.78, 5) is 12.4. The number of amides is 1. The van der Waals surface area contributed by atoms with E-state index in [4.69, 9.17) is 27.9 Å². The Morgan fingerprint density at radius 3 is 2.29 bits per heavy atom. The summed E-state index contributed by atoms with van der Waals surface area (Å²) in [5.74, 6) is -0.751. The highest BCUT2D eigenvalue weighted by Crippen LogP contribution is 2.35. The third-order valence-corrected chi connectivity index (χ3v) is 4.86. The van der Waals surface area contributed by atoms with Crippen LogP contribution in [0.1, 0.15) is 16.7 Å². The van der Waals surface area contributed by atoms with E-state index in [9.17, 15) is 14.4 Å². The van der Waals surface area contributed by atoms with Gasteiger partial charge in [0.05, 0.1) is 10.0 Å². The van der Waals surface area contributed by atoms with Crippen LogP contribution in [0.15, 0.2) is 66.2 Å². The van der Waals surface area contributed by atoms with E-state index < -0.39 is 11.7 Å². The summed E-state index contributed by atoms with van der Waals surface area (Å²) in [6.45, 7) is 2.29. The van der Waals surface area contributed by atoms with Gasteiger partial charge in [-0.2, -0.15) is 5.26 Å². The Kier molecular flexibility index (Phi) is 7.30. The Hall–Kier alpha value is -3.33. The number of anilines is 1. The molecule has 4 nitrogen and oxygen atoms in total. The number of aryl methyl sites for hydroxylation is 1. The Morgan fingerprint density at radius 1 is 1.10 bits per heavy atom. The number of benzene rings is 3. The normalized spacial score (nSPS) is 11.0. The first-order valence-electron chi connectivity index (χ1n) is 9.22. The van der Waals surface area contributed by atoms with Crippen molar-refractivity contribution in [2.24, 2.45) is 0 Å². The molecule has 156 valence electrons. The fourth-order valence-electron chi connectivity index (χ4n) is 2.69. The first kappa shape index (κ1) is 22.4. The van der Waals surface area contributed by atoms with E-state index in [2.05, 4.69) is 5.32 Å². The quantitative estimate of drug-likeness (QED) is 0.338. The molecule has 0 bridgehead atoms. The lowest BCUT2D eigenvalue weighted by Crippen LogP contribution is -2.13. The summed E-state index contributed by atoms with van der Waals surface area (Å²) in [5, 5.41) is 12.4. The van der Waals surface area contributed by atoms with Gasteiger partial charge in [0, 0.05) is 5.69 Å². The van der Waals surface area contributed by atoms with Crippen LogP contribution in [0.4, 0.5) is 10.1 Å². The molecule has 1 amide bonds. The molecule has 31 heavy (non-hydrogen) atoms. The average Bonchev–Trinajstić information content (AvgIpc) is 2.74. The Morgan fingerprint density at radius 2 is 1.71 bits per heavy atom. The van der Waals surface area contributed by atoms with Gasteiger partial charge in [0.1, 0.15) is 24.1 Å². The van der Waals surface area contributed by atoms with Crippen molar-refractivity contribution in [3.63, 3.8) is 0 Å². The Labute approximate surface area is 189 Å². The van der Waals surface area contributed by atoms with E-state index in [0.29, 0.717) is 23.6 Å². The number of nitriles is 1. The summed E-state index contributed by atoms with van der Waals surface area (Å²) in [6, 6.07) is 18.0. The third-order valence-electron chi connectivity index (χ3n) is 4.30. The minimum atomic E-state index is -0.638. The van der Waals surface area contributed by atoms with E-state index in [1.54, 1.807) is 12.1 Å². The predicted molar refractivity (Wildman–Crippen MR) is 121 cm³/mol. The SMILES string of the molecule is Cc1ccc(COc2c(Cl)cc(/C=C(\C#N)C(=O)Nc3ccc(F)cc3)cc2Cl)cc1. The van der Waals surface area contributed by atoms with Gasteiger partial charge in [-0.1, -0.05) is 53.0 Å². The molecule has 0 heterocycles. The minimum absolute atomic E-state index is 0.162. The maximum atomic E-state index is 13.0. The van der Waals surface area contributed by atoms with Gasteiger partial charge in [0.25, 0.3) is 5.91 Å². The third kappa shape index (κ3) is 6.08. The highest BCUT2D eigenvalue weighted by Gasteiger charge is 2.13. The molecule has 0 unspecified atom stereocenters. The zero-order valence-corrected chi connectivity index (χ0v) is 18.0. The molecule has 0 saturated heterocycles. The van der Waals surface area contributed by atoms with Crippen LogP contribution in [0, 0.1) is 24.1 Å². The van der Waals surface area contributed by atoms with Gasteiger partial charge in [-0.25, -0.2) is 4.39 Å². The number of carbonyl (C=O) groups excluding carboxylic acids is 1. The Bertz CT molecular complexity index is 1140. The number of halogens is 3. The lowest BCUT2D eigenvalue weighted by Gasteiger charge is -2.11. The molecule has 0 aliphatic carbocycles. The van der Waals surface area contributed by atoms with Crippen LogP contribution >= 0.6 is 23.2 Å². The first-order valence-corrected chi connectivity index (χ1v) is 9.97. The van der Waals surface area contributed by atoms with Crippen LogP contribution in [0.5, 0.6) is 5.75 Å². The van der Waals surface area contributed by atoms with Crippen molar-refractivity contribution < 1.29 is 13.9 Å². The van der Waals surface area contributed by atoms with Crippen LogP contribution < -0.4 is 10.1 Å². The van der Waals surface area contributed by atoms with E-state index in [0.717, 1.165) is 11.1 Å². The number of hydrogen-bond acceptors (Lipinski definition) is 3. The van der Waals surface area contributed by atoms with Crippen molar-refractivity contribution in [3.8, 4) is 11.8 Å². The maximum Gasteiger partial charge on any atom is 0.266 e. The maximum absolute atomic E-state index is 13.0. The minimum Gasteiger partial charge on any atom is -0.486 e. The van der Waals surface area contributed by atoms with Crippen molar-refractivity contribution in [2.45, 2.75) is 13.5 Å². The van der Waals surface area contributed by atoms with Crippen molar-refractivity contribution in [3.05, 3.63) is 98.8 Å². The number of nitrogens with one attached hydrogen (secondary N) is 1. The second-order valence-corrected chi connectivity index (χ2v) is 7.53. The molecule has 3 rings (SSSR count). The molecule has 0 fully saturated rings. The molecule has 0 atom stereocenters. The smallest absolute Gasteiger partial charge is 0.266 e. The van der Waals surface area contributed by atoms with Gasteiger partial charge in [0.15, 0.2) is 5.75 Å². The summed E-state index contributed by atoms with van der Waals surface area (Å²) in [5.41, 5.74) is 2.77. The highest BCUT2D eigenvalue weighted by molar-refractivity contribution is 6.37. The molecule has 3 aromatic carbocycles. The van der Waals surface area contributed by atoms with Gasteiger partial charge < -0.3 is 10.1 Å². The predicted octanol–water partition coefficient (Wildman–Crippen LogP) is 6.57. The van der Waals surface area contributed by atoms with Crippen LogP contribution in [-0.4, -0.2) is 5.91 Å². The largest absolute Gasteiger partial charge is 0.486 e. The van der Waals surface area contributed by atoms with E-state index >= 15 is 0 Å². The van der Waals surface area contributed by atoms with Crippen LogP contribution in [0.25, 0.3) is 6.08 Å². The fourth-order valence-corrected chi connectivity index (χ4v) is 3.30. The van der Waals surface area contributed by atoms with Gasteiger partial charge in [-0.15, -0.1) is 0 Å². The first-order chi connectivity index (χ1) is 14.9. The molecule has 0 aliphatic rings. The molecule has 0 aliphatic heterocycles. The number of nitrogens with zero attached hydrogens (tertiary/aromatic N) is 1. The van der Waals surface area contributed by atoms with E-state index in [1.807, 2.05) is 37.3 Å². The molecular weight excluding hydrogens is 438 g/mol. The molecular formula is C24H17Cl2FN2O2. The van der Waals surface area contributed by atoms with E-state index in [1.165, 1.54) is 30.3 Å². The van der Waals surface area contributed by atoms with Crippen molar-refractivity contribution >= 4 is 40.9 Å². The number of carbonyl (C=O) groups is 1. The standard InChI is InChI=1S/C24H17Cl2FN2O2/c1-15-2-4-16(5-3-15)14-31-23-21(25)11-17(12-22(23)26)10-18(13-28)24(30)29-20-8-6-19(27)7-9-20/h2-12H,14H2,1H3,(H,29,30)/b18-10+. The molecule has 3 aromatic rings. The summed E-state index contributed by atoms with van der Waals surface area (Å²) in [7, 11) is 0. The fraction of sp³-hybridized carbons (Fsp3) is 0.0833. The van der Waals surface area contributed by atoms with Gasteiger partial charge in [0.2, 0.25) is 0 Å². The average molecular weight is 455 g/mol. The second-order valence-electron chi connectivity index (χ2n) is 6.72. The summed E-state index contributed by atoms with van der Waals surface area (Å²) in [6.07, 6.45) is 1.36. The van der Waals surface area contributed by atoms with E-state index in [-0.39, 0.29) is 15.6 Å². The molecule has 1 N–H and O–H groups in total. The highest BCUT2D eigenvalue weighted by atomic mass is 35.5. The molecule has 0 spiro atoms. The number of hydrogen-bond donors (Lipinski definition) is 1. The van der Waals surface area contributed by atoms with Crippen LogP contribution in [-0.2, 0) is 11.4 Å². The zero-order valence-electron chi connectivity index (χ0n) is 16.5.